The fourth-order valence-corrected chi connectivity index (χ4v) is 3.08. The highest BCUT2D eigenvalue weighted by Crippen LogP contribution is 2.32. The van der Waals surface area contributed by atoms with Gasteiger partial charge in [0.1, 0.15) is 0 Å². The van der Waals surface area contributed by atoms with Crippen LogP contribution in [0.25, 0.3) is 28.2 Å². The van der Waals surface area contributed by atoms with Gasteiger partial charge in [-0.1, -0.05) is 78.4 Å². The largest absolute Gasteiger partial charge is 0.309 e. The molecule has 0 atom stereocenters. The van der Waals surface area contributed by atoms with Crippen molar-refractivity contribution in [3.8, 4) is 28.2 Å². The van der Waals surface area contributed by atoms with Gasteiger partial charge in [-0.25, -0.2) is 0 Å². The van der Waals surface area contributed by atoms with Crippen molar-refractivity contribution in [3.63, 3.8) is 0 Å². The zero-order valence-corrected chi connectivity index (χ0v) is 13.7. The number of rotatable bonds is 3. The summed E-state index contributed by atoms with van der Waals surface area (Å²) in [4.78, 5) is 0. The fourth-order valence-electron chi connectivity index (χ4n) is 3.08. The van der Waals surface area contributed by atoms with Crippen LogP contribution in [0.15, 0.2) is 97.1 Å². The molecule has 1 heterocycles. The highest BCUT2D eigenvalue weighted by Gasteiger charge is 2.13. The van der Waals surface area contributed by atoms with Crippen LogP contribution in [0.3, 0.4) is 0 Å². The monoisotopic (exact) mass is 309 g/mol. The molecule has 0 saturated carbocycles. The number of aryl methyl sites for hydroxylation is 1. The van der Waals surface area contributed by atoms with Gasteiger partial charge in [0.05, 0.1) is 11.4 Å². The van der Waals surface area contributed by atoms with Crippen LogP contribution < -0.4 is 0 Å². The van der Waals surface area contributed by atoms with E-state index in [-0.39, 0.29) is 0 Å². The van der Waals surface area contributed by atoms with Gasteiger partial charge in [-0.15, -0.1) is 0 Å². The minimum atomic E-state index is 1.18. The number of hydrogen-bond acceptors (Lipinski definition) is 0. The van der Waals surface area contributed by atoms with E-state index in [1.165, 1.54) is 33.8 Å². The Bertz CT molecular complexity index is 876. The molecule has 0 N–H and O–H groups in total. The molecule has 0 saturated heterocycles. The summed E-state index contributed by atoms with van der Waals surface area (Å²) in [6.45, 7) is 2.12. The van der Waals surface area contributed by atoms with E-state index >= 15 is 0 Å². The Kier molecular flexibility index (Phi) is 3.76. The van der Waals surface area contributed by atoms with E-state index in [1.54, 1.807) is 0 Å². The molecule has 0 amide bonds. The van der Waals surface area contributed by atoms with E-state index in [0.29, 0.717) is 0 Å². The molecule has 24 heavy (non-hydrogen) atoms. The quantitative estimate of drug-likeness (QED) is 0.429. The number of nitrogens with zero attached hydrogens (tertiary/aromatic N) is 1. The molecular weight excluding hydrogens is 290 g/mol. The van der Waals surface area contributed by atoms with Gasteiger partial charge in [0.15, 0.2) is 0 Å². The van der Waals surface area contributed by atoms with Gasteiger partial charge < -0.3 is 4.57 Å². The highest BCUT2D eigenvalue weighted by molar-refractivity contribution is 5.73. The van der Waals surface area contributed by atoms with Crippen LogP contribution in [0.5, 0.6) is 0 Å². The van der Waals surface area contributed by atoms with Crippen LogP contribution in [0.1, 0.15) is 5.56 Å². The Morgan fingerprint density at radius 1 is 0.500 bits per heavy atom. The normalized spacial score (nSPS) is 10.7. The molecule has 0 bridgehead atoms. The predicted octanol–water partition coefficient (Wildman–Crippen LogP) is 6.12. The maximum absolute atomic E-state index is 2.34. The average Bonchev–Trinajstić information content (AvgIpc) is 3.09. The van der Waals surface area contributed by atoms with Crippen LogP contribution in [-0.2, 0) is 0 Å². The van der Waals surface area contributed by atoms with E-state index in [2.05, 4.69) is 109 Å². The number of hydrogen-bond donors (Lipinski definition) is 0. The summed E-state index contributed by atoms with van der Waals surface area (Å²) in [6, 6.07) is 34.2. The minimum Gasteiger partial charge on any atom is -0.309 e. The molecule has 116 valence electrons. The van der Waals surface area contributed by atoms with Crippen molar-refractivity contribution >= 4 is 0 Å². The summed E-state index contributed by atoms with van der Waals surface area (Å²) in [5.74, 6) is 0. The molecule has 1 nitrogen and oxygen atoms in total. The number of aromatic nitrogens is 1. The van der Waals surface area contributed by atoms with Crippen LogP contribution >= 0.6 is 0 Å². The molecular formula is C23H19N. The third kappa shape index (κ3) is 2.65. The molecule has 1 aromatic heterocycles. The summed E-state index contributed by atoms with van der Waals surface area (Å²) in [7, 11) is 0. The van der Waals surface area contributed by atoms with Crippen molar-refractivity contribution in [1.82, 2.24) is 4.57 Å². The van der Waals surface area contributed by atoms with Crippen molar-refractivity contribution in [2.45, 2.75) is 6.92 Å². The maximum Gasteiger partial charge on any atom is 0.0535 e. The molecule has 0 unspecified atom stereocenters. The van der Waals surface area contributed by atoms with Crippen LogP contribution in [-0.4, -0.2) is 4.57 Å². The van der Waals surface area contributed by atoms with Gasteiger partial charge >= 0.3 is 0 Å². The Morgan fingerprint density at radius 2 is 0.958 bits per heavy atom. The molecule has 0 radical (unpaired) electrons. The molecule has 4 aromatic rings. The summed E-state index contributed by atoms with van der Waals surface area (Å²) in [5.41, 5.74) is 7.31. The lowest BCUT2D eigenvalue weighted by atomic mass is 10.1. The summed E-state index contributed by atoms with van der Waals surface area (Å²) in [6.07, 6.45) is 0. The SMILES string of the molecule is Cc1ccc(-n2c(-c3ccccc3)ccc2-c2ccccc2)cc1. The molecule has 0 spiro atoms. The predicted molar refractivity (Wildman–Crippen MR) is 101 cm³/mol. The van der Waals surface area contributed by atoms with Gasteiger partial charge in [-0.2, -0.15) is 0 Å². The maximum atomic E-state index is 2.34. The van der Waals surface area contributed by atoms with Gasteiger partial charge in [-0.05, 0) is 42.3 Å². The molecule has 0 aliphatic carbocycles. The smallest absolute Gasteiger partial charge is 0.0535 e. The van der Waals surface area contributed by atoms with Crippen LogP contribution in [0.2, 0.25) is 0 Å². The Morgan fingerprint density at radius 3 is 1.42 bits per heavy atom. The van der Waals surface area contributed by atoms with Crippen molar-refractivity contribution in [1.29, 1.82) is 0 Å². The van der Waals surface area contributed by atoms with Crippen molar-refractivity contribution in [3.05, 3.63) is 103 Å². The molecule has 4 rings (SSSR count). The minimum absolute atomic E-state index is 1.18. The highest BCUT2D eigenvalue weighted by atomic mass is 15.0. The second kappa shape index (κ2) is 6.21. The van der Waals surface area contributed by atoms with Gasteiger partial charge in [0.25, 0.3) is 0 Å². The summed E-state index contributed by atoms with van der Waals surface area (Å²) in [5, 5.41) is 0. The van der Waals surface area contributed by atoms with E-state index in [1.807, 2.05) is 0 Å². The van der Waals surface area contributed by atoms with Crippen LogP contribution in [0, 0.1) is 6.92 Å². The molecule has 0 fully saturated rings. The van der Waals surface area contributed by atoms with E-state index in [9.17, 15) is 0 Å². The van der Waals surface area contributed by atoms with E-state index < -0.39 is 0 Å². The van der Waals surface area contributed by atoms with Crippen molar-refractivity contribution in [2.75, 3.05) is 0 Å². The lowest BCUT2D eigenvalue weighted by molar-refractivity contribution is 1.09. The molecule has 0 aliphatic heterocycles. The first kappa shape index (κ1) is 14.5. The van der Waals surface area contributed by atoms with E-state index in [4.69, 9.17) is 0 Å². The first-order valence-corrected chi connectivity index (χ1v) is 8.22. The lowest BCUT2D eigenvalue weighted by Crippen LogP contribution is -1.99. The topological polar surface area (TPSA) is 4.93 Å². The second-order valence-electron chi connectivity index (χ2n) is 6.01. The summed E-state index contributed by atoms with van der Waals surface area (Å²) >= 11 is 0. The second-order valence-corrected chi connectivity index (χ2v) is 6.01. The third-order valence-corrected chi connectivity index (χ3v) is 4.31. The summed E-state index contributed by atoms with van der Waals surface area (Å²) < 4.78 is 2.34. The Hall–Kier alpha value is -3.06. The molecule has 3 aromatic carbocycles. The van der Waals surface area contributed by atoms with Gasteiger partial charge in [0, 0.05) is 5.69 Å². The Balaban J connectivity index is 1.96. The van der Waals surface area contributed by atoms with E-state index in [0.717, 1.165) is 0 Å². The molecule has 0 aliphatic rings. The fraction of sp³-hybridized carbons (Fsp3) is 0.0435. The molecule has 1 heteroatoms. The van der Waals surface area contributed by atoms with Gasteiger partial charge in [-0.3, -0.25) is 0 Å². The van der Waals surface area contributed by atoms with Crippen molar-refractivity contribution < 1.29 is 0 Å². The first-order chi connectivity index (χ1) is 11.8. The zero-order valence-electron chi connectivity index (χ0n) is 13.7. The standard InChI is InChI=1S/C23H19N/c1-18-12-14-21(15-13-18)24-22(19-8-4-2-5-9-19)16-17-23(24)20-10-6-3-7-11-20/h2-17H,1H3. The first-order valence-electron chi connectivity index (χ1n) is 8.22. The van der Waals surface area contributed by atoms with Crippen molar-refractivity contribution in [2.24, 2.45) is 0 Å². The zero-order chi connectivity index (χ0) is 16.4. The number of benzene rings is 3. The lowest BCUT2D eigenvalue weighted by Gasteiger charge is -2.14. The van der Waals surface area contributed by atoms with Gasteiger partial charge in [0.2, 0.25) is 0 Å². The Labute approximate surface area is 142 Å². The third-order valence-electron chi connectivity index (χ3n) is 4.31. The van der Waals surface area contributed by atoms with Crippen LogP contribution in [0.4, 0.5) is 0 Å². The average molecular weight is 309 g/mol.